The van der Waals surface area contributed by atoms with E-state index in [1.807, 2.05) is 24.7 Å². The Morgan fingerprint density at radius 2 is 2.05 bits per heavy atom. The van der Waals surface area contributed by atoms with Gasteiger partial charge in [0.05, 0.1) is 5.69 Å². The van der Waals surface area contributed by atoms with Crippen LogP contribution in [0.15, 0.2) is 36.5 Å². The van der Waals surface area contributed by atoms with Crippen LogP contribution in [0.4, 0.5) is 0 Å². The van der Waals surface area contributed by atoms with E-state index in [2.05, 4.69) is 5.10 Å². The number of rotatable bonds is 4. The van der Waals surface area contributed by atoms with Gasteiger partial charge < -0.3 is 5.11 Å². The van der Waals surface area contributed by atoms with Crippen LogP contribution in [0.5, 0.6) is 5.75 Å². The van der Waals surface area contributed by atoms with Gasteiger partial charge in [-0.2, -0.15) is 5.10 Å². The molecule has 0 spiro atoms. The standard InChI is InChI=1S/C15H16N2O2/c1-3-17-10-13(11(2)16-17)6-9-15(19)12-4-7-14(18)8-5-12/h4-10,18H,3H2,1-2H3. The molecule has 2 aromatic rings. The second kappa shape index (κ2) is 5.52. The Kier molecular flexibility index (Phi) is 3.80. The maximum atomic E-state index is 11.9. The van der Waals surface area contributed by atoms with Gasteiger partial charge in [0.2, 0.25) is 0 Å². The zero-order valence-electron chi connectivity index (χ0n) is 11.0. The molecule has 0 unspecified atom stereocenters. The second-order valence-corrected chi connectivity index (χ2v) is 4.27. The number of allylic oxidation sites excluding steroid dienone is 1. The molecule has 0 saturated carbocycles. The molecule has 1 heterocycles. The molecule has 1 N–H and O–H groups in total. The third-order valence-electron chi connectivity index (χ3n) is 2.87. The van der Waals surface area contributed by atoms with Crippen molar-refractivity contribution in [2.24, 2.45) is 0 Å². The molecule has 0 radical (unpaired) electrons. The van der Waals surface area contributed by atoms with Gasteiger partial charge in [-0.05, 0) is 50.3 Å². The Morgan fingerprint density at radius 1 is 1.37 bits per heavy atom. The summed E-state index contributed by atoms with van der Waals surface area (Å²) in [5.74, 6) is 0.0595. The highest BCUT2D eigenvalue weighted by molar-refractivity contribution is 6.06. The summed E-state index contributed by atoms with van der Waals surface area (Å²) in [6.07, 6.45) is 5.20. The van der Waals surface area contributed by atoms with Gasteiger partial charge in [0.15, 0.2) is 5.78 Å². The number of carbonyl (C=O) groups excluding carboxylic acids is 1. The summed E-state index contributed by atoms with van der Waals surface area (Å²) >= 11 is 0. The smallest absolute Gasteiger partial charge is 0.185 e. The van der Waals surface area contributed by atoms with Crippen molar-refractivity contribution in [2.45, 2.75) is 20.4 Å². The van der Waals surface area contributed by atoms with E-state index in [-0.39, 0.29) is 11.5 Å². The van der Waals surface area contributed by atoms with E-state index in [9.17, 15) is 9.90 Å². The normalized spacial score (nSPS) is 11.1. The average Bonchev–Trinajstić information content (AvgIpc) is 2.77. The number of hydrogen-bond donors (Lipinski definition) is 1. The number of hydrogen-bond acceptors (Lipinski definition) is 3. The topological polar surface area (TPSA) is 55.1 Å². The van der Waals surface area contributed by atoms with Crippen LogP contribution in [0, 0.1) is 6.92 Å². The van der Waals surface area contributed by atoms with Gasteiger partial charge in [-0.25, -0.2) is 0 Å². The lowest BCUT2D eigenvalue weighted by Gasteiger charge is -1.95. The van der Waals surface area contributed by atoms with Gasteiger partial charge >= 0.3 is 0 Å². The van der Waals surface area contributed by atoms with Crippen LogP contribution in [0.3, 0.4) is 0 Å². The molecule has 0 fully saturated rings. The van der Waals surface area contributed by atoms with Gasteiger partial charge in [0.1, 0.15) is 5.75 Å². The Balaban J connectivity index is 2.15. The molecule has 4 heteroatoms. The van der Waals surface area contributed by atoms with Gasteiger partial charge in [0, 0.05) is 23.9 Å². The molecule has 0 bridgehead atoms. The quantitative estimate of drug-likeness (QED) is 0.676. The summed E-state index contributed by atoms with van der Waals surface area (Å²) in [7, 11) is 0. The van der Waals surface area contributed by atoms with Crippen molar-refractivity contribution in [3.8, 4) is 5.75 Å². The number of aromatic nitrogens is 2. The molecular weight excluding hydrogens is 240 g/mol. The number of benzene rings is 1. The first-order valence-electron chi connectivity index (χ1n) is 6.15. The van der Waals surface area contributed by atoms with Crippen LogP contribution >= 0.6 is 0 Å². The Hall–Kier alpha value is -2.36. The lowest BCUT2D eigenvalue weighted by atomic mass is 10.1. The van der Waals surface area contributed by atoms with Crippen LogP contribution in [-0.4, -0.2) is 20.7 Å². The van der Waals surface area contributed by atoms with Crippen LogP contribution in [0.25, 0.3) is 6.08 Å². The van der Waals surface area contributed by atoms with Gasteiger partial charge in [0.25, 0.3) is 0 Å². The molecule has 0 aliphatic heterocycles. The van der Waals surface area contributed by atoms with Crippen molar-refractivity contribution in [2.75, 3.05) is 0 Å². The van der Waals surface area contributed by atoms with E-state index in [1.54, 1.807) is 18.2 Å². The molecule has 19 heavy (non-hydrogen) atoms. The highest BCUT2D eigenvalue weighted by Crippen LogP contribution is 2.12. The van der Waals surface area contributed by atoms with Crippen molar-refractivity contribution in [1.82, 2.24) is 9.78 Å². The summed E-state index contributed by atoms with van der Waals surface area (Å²) in [6.45, 7) is 4.74. The fourth-order valence-electron chi connectivity index (χ4n) is 1.75. The highest BCUT2D eigenvalue weighted by atomic mass is 16.3. The lowest BCUT2D eigenvalue weighted by molar-refractivity contribution is 0.104. The van der Waals surface area contributed by atoms with Crippen molar-refractivity contribution in [3.63, 3.8) is 0 Å². The number of carbonyl (C=O) groups is 1. The molecule has 1 aromatic carbocycles. The number of phenols is 1. The van der Waals surface area contributed by atoms with Crippen molar-refractivity contribution >= 4 is 11.9 Å². The zero-order chi connectivity index (χ0) is 13.8. The molecule has 0 atom stereocenters. The number of aryl methyl sites for hydroxylation is 2. The first-order valence-corrected chi connectivity index (χ1v) is 6.15. The van der Waals surface area contributed by atoms with Crippen LogP contribution < -0.4 is 0 Å². The first kappa shape index (κ1) is 13.1. The van der Waals surface area contributed by atoms with Crippen LogP contribution in [0.1, 0.15) is 28.5 Å². The van der Waals surface area contributed by atoms with E-state index in [4.69, 9.17) is 0 Å². The Morgan fingerprint density at radius 3 is 2.63 bits per heavy atom. The number of aromatic hydroxyl groups is 1. The van der Waals surface area contributed by atoms with Crippen molar-refractivity contribution in [3.05, 3.63) is 53.4 Å². The van der Waals surface area contributed by atoms with Gasteiger partial charge in [-0.15, -0.1) is 0 Å². The summed E-state index contributed by atoms with van der Waals surface area (Å²) in [5, 5.41) is 13.5. The predicted molar refractivity (Wildman–Crippen MR) is 74.1 cm³/mol. The van der Waals surface area contributed by atoms with Crippen LogP contribution in [-0.2, 0) is 6.54 Å². The van der Waals surface area contributed by atoms with Crippen LogP contribution in [0.2, 0.25) is 0 Å². The fraction of sp³-hybridized carbons (Fsp3) is 0.200. The largest absolute Gasteiger partial charge is 0.508 e. The monoisotopic (exact) mass is 256 g/mol. The lowest BCUT2D eigenvalue weighted by Crippen LogP contribution is -1.93. The van der Waals surface area contributed by atoms with E-state index in [0.29, 0.717) is 5.56 Å². The van der Waals surface area contributed by atoms with E-state index >= 15 is 0 Å². The maximum Gasteiger partial charge on any atom is 0.185 e. The molecule has 2 rings (SSSR count). The minimum absolute atomic E-state index is 0.0938. The van der Waals surface area contributed by atoms with Gasteiger partial charge in [-0.1, -0.05) is 0 Å². The summed E-state index contributed by atoms with van der Waals surface area (Å²) in [5.41, 5.74) is 2.39. The summed E-state index contributed by atoms with van der Waals surface area (Å²) in [6, 6.07) is 6.21. The number of ketones is 1. The molecule has 0 amide bonds. The van der Waals surface area contributed by atoms with E-state index in [0.717, 1.165) is 17.8 Å². The third-order valence-corrected chi connectivity index (χ3v) is 2.87. The molecule has 0 aliphatic rings. The molecule has 98 valence electrons. The SMILES string of the molecule is CCn1cc(C=CC(=O)c2ccc(O)cc2)c(C)n1. The first-order chi connectivity index (χ1) is 9.10. The fourth-order valence-corrected chi connectivity index (χ4v) is 1.75. The van der Waals surface area contributed by atoms with Gasteiger partial charge in [-0.3, -0.25) is 9.48 Å². The van der Waals surface area contributed by atoms with E-state index in [1.165, 1.54) is 18.2 Å². The summed E-state index contributed by atoms with van der Waals surface area (Å²) < 4.78 is 1.83. The number of phenolic OH excluding ortho intramolecular Hbond substituents is 1. The Bertz CT molecular complexity index is 610. The van der Waals surface area contributed by atoms with E-state index < -0.39 is 0 Å². The highest BCUT2D eigenvalue weighted by Gasteiger charge is 2.04. The average molecular weight is 256 g/mol. The van der Waals surface area contributed by atoms with Crippen molar-refractivity contribution < 1.29 is 9.90 Å². The van der Waals surface area contributed by atoms with Crippen molar-refractivity contribution in [1.29, 1.82) is 0 Å². The zero-order valence-corrected chi connectivity index (χ0v) is 11.0. The third kappa shape index (κ3) is 3.10. The molecule has 4 nitrogen and oxygen atoms in total. The minimum Gasteiger partial charge on any atom is -0.508 e. The molecule has 0 saturated heterocycles. The molecule has 1 aromatic heterocycles. The second-order valence-electron chi connectivity index (χ2n) is 4.27. The number of nitrogens with zero attached hydrogens (tertiary/aromatic N) is 2. The minimum atomic E-state index is -0.0938. The maximum absolute atomic E-state index is 11.9. The summed E-state index contributed by atoms with van der Waals surface area (Å²) in [4.78, 5) is 11.9. The Labute approximate surface area is 112 Å². The molecular formula is C15H16N2O2. The molecule has 0 aliphatic carbocycles. The predicted octanol–water partition coefficient (Wildman–Crippen LogP) is 2.81.